The van der Waals surface area contributed by atoms with E-state index in [9.17, 15) is 15.0 Å². The number of carbonyl (C=O) groups excluding carboxylic acids is 1. The van der Waals surface area contributed by atoms with Gasteiger partial charge in [-0.3, -0.25) is 4.79 Å². The summed E-state index contributed by atoms with van der Waals surface area (Å²) in [5.41, 5.74) is 0. The molecule has 382 valence electrons. The fourth-order valence-electron chi connectivity index (χ4n) is 9.71. The van der Waals surface area contributed by atoms with Gasteiger partial charge in [0.25, 0.3) is 0 Å². The van der Waals surface area contributed by atoms with Crippen molar-refractivity contribution in [1.29, 1.82) is 0 Å². The van der Waals surface area contributed by atoms with Crippen molar-refractivity contribution < 1.29 is 15.0 Å². The van der Waals surface area contributed by atoms with Crippen molar-refractivity contribution >= 4 is 5.91 Å². The third-order valence-corrected chi connectivity index (χ3v) is 14.3. The lowest BCUT2D eigenvalue weighted by molar-refractivity contribution is -0.123. The number of aliphatic hydroxyl groups excluding tert-OH is 2. The second-order valence-electron chi connectivity index (χ2n) is 20.8. The fraction of sp³-hybridized carbons (Fsp3) is 0.950. The van der Waals surface area contributed by atoms with Gasteiger partial charge in [-0.2, -0.15) is 0 Å². The number of hydrogen-bond donors (Lipinski definition) is 3. The number of carbonyl (C=O) groups is 1. The Morgan fingerprint density at radius 3 is 0.859 bits per heavy atom. The van der Waals surface area contributed by atoms with Crippen molar-refractivity contribution in [1.82, 2.24) is 5.32 Å². The van der Waals surface area contributed by atoms with Gasteiger partial charge in [0.05, 0.1) is 18.8 Å². The molecular weight excluding hydrogens is 783 g/mol. The summed E-state index contributed by atoms with van der Waals surface area (Å²) in [6.07, 6.45) is 73.6. The topological polar surface area (TPSA) is 69.6 Å². The van der Waals surface area contributed by atoms with Crippen molar-refractivity contribution in [2.45, 2.75) is 360 Å². The van der Waals surface area contributed by atoms with Crippen molar-refractivity contribution in [3.05, 3.63) is 12.2 Å². The predicted molar refractivity (Wildman–Crippen MR) is 286 cm³/mol. The van der Waals surface area contributed by atoms with Crippen LogP contribution in [0.4, 0.5) is 0 Å². The molecule has 0 heterocycles. The van der Waals surface area contributed by atoms with Gasteiger partial charge in [-0.05, 0) is 38.5 Å². The van der Waals surface area contributed by atoms with Crippen molar-refractivity contribution in [3.8, 4) is 0 Å². The first-order valence-corrected chi connectivity index (χ1v) is 29.9. The van der Waals surface area contributed by atoms with Crippen LogP contribution in [-0.4, -0.2) is 34.9 Å². The molecular formula is C60H119NO3. The molecule has 64 heavy (non-hydrogen) atoms. The van der Waals surface area contributed by atoms with Gasteiger partial charge >= 0.3 is 0 Å². The maximum atomic E-state index is 12.5. The zero-order chi connectivity index (χ0) is 46.3. The first kappa shape index (κ1) is 63.1. The Morgan fingerprint density at radius 2 is 0.594 bits per heavy atom. The SMILES string of the molecule is CCCCCCCCCCCCCC/C=C\CCCCCCCCCCCCCCC(=O)NC(CO)C(O)CCCCCCCCCCCCCCCCCCCCCCCCCC. The Hall–Kier alpha value is -0.870. The minimum Gasteiger partial charge on any atom is -0.394 e. The normalized spacial score (nSPS) is 12.8. The van der Waals surface area contributed by atoms with Crippen LogP contribution in [0.2, 0.25) is 0 Å². The molecule has 4 nitrogen and oxygen atoms in total. The average molecular weight is 903 g/mol. The van der Waals surface area contributed by atoms with E-state index < -0.39 is 12.1 Å². The number of nitrogens with one attached hydrogen (secondary N) is 1. The molecule has 1 amide bonds. The molecule has 0 aromatic carbocycles. The first-order valence-electron chi connectivity index (χ1n) is 29.9. The second-order valence-corrected chi connectivity index (χ2v) is 20.8. The smallest absolute Gasteiger partial charge is 0.220 e. The van der Waals surface area contributed by atoms with Gasteiger partial charge in [-0.15, -0.1) is 0 Å². The number of hydrogen-bond acceptors (Lipinski definition) is 3. The third-order valence-electron chi connectivity index (χ3n) is 14.3. The molecule has 2 atom stereocenters. The van der Waals surface area contributed by atoms with E-state index in [2.05, 4.69) is 31.3 Å². The van der Waals surface area contributed by atoms with Crippen LogP contribution in [0.25, 0.3) is 0 Å². The van der Waals surface area contributed by atoms with E-state index in [0.717, 1.165) is 25.7 Å². The Kier molecular flexibility index (Phi) is 55.7. The molecule has 0 aliphatic carbocycles. The van der Waals surface area contributed by atoms with Crippen LogP contribution in [-0.2, 0) is 4.79 Å². The number of rotatable bonds is 56. The van der Waals surface area contributed by atoms with E-state index in [1.807, 2.05) is 0 Å². The largest absolute Gasteiger partial charge is 0.394 e. The second kappa shape index (κ2) is 56.5. The summed E-state index contributed by atoms with van der Waals surface area (Å²) in [5.74, 6) is -0.0245. The van der Waals surface area contributed by atoms with E-state index in [1.54, 1.807) is 0 Å². The summed E-state index contributed by atoms with van der Waals surface area (Å²) >= 11 is 0. The minimum absolute atomic E-state index is 0.0245. The molecule has 0 aromatic heterocycles. The molecule has 0 radical (unpaired) electrons. The molecule has 3 N–H and O–H groups in total. The fourth-order valence-corrected chi connectivity index (χ4v) is 9.71. The van der Waals surface area contributed by atoms with Crippen molar-refractivity contribution in [2.24, 2.45) is 0 Å². The highest BCUT2D eigenvalue weighted by Crippen LogP contribution is 2.18. The predicted octanol–water partition coefficient (Wildman–Crippen LogP) is 19.7. The van der Waals surface area contributed by atoms with Gasteiger partial charge in [0.15, 0.2) is 0 Å². The number of allylic oxidation sites excluding steroid dienone is 2. The van der Waals surface area contributed by atoms with Gasteiger partial charge in [0, 0.05) is 6.42 Å². The molecule has 0 saturated heterocycles. The molecule has 2 unspecified atom stereocenters. The van der Waals surface area contributed by atoms with Crippen LogP contribution < -0.4 is 5.32 Å². The lowest BCUT2D eigenvalue weighted by Gasteiger charge is -2.22. The zero-order valence-corrected chi connectivity index (χ0v) is 44.1. The Balaban J connectivity index is 3.41. The van der Waals surface area contributed by atoms with Crippen LogP contribution in [0.1, 0.15) is 348 Å². The van der Waals surface area contributed by atoms with Gasteiger partial charge < -0.3 is 15.5 Å². The van der Waals surface area contributed by atoms with Crippen LogP contribution in [0.15, 0.2) is 12.2 Å². The molecule has 0 rings (SSSR count). The molecule has 0 fully saturated rings. The molecule has 0 saturated carbocycles. The number of amides is 1. The highest BCUT2D eigenvalue weighted by atomic mass is 16.3. The van der Waals surface area contributed by atoms with Crippen molar-refractivity contribution in [2.75, 3.05) is 6.61 Å². The van der Waals surface area contributed by atoms with Gasteiger partial charge in [-0.25, -0.2) is 0 Å². The first-order chi connectivity index (χ1) is 31.7. The van der Waals surface area contributed by atoms with E-state index in [0.29, 0.717) is 12.8 Å². The van der Waals surface area contributed by atoms with E-state index in [1.165, 1.54) is 295 Å². The minimum atomic E-state index is -0.658. The summed E-state index contributed by atoms with van der Waals surface area (Å²) in [6.45, 7) is 4.41. The third kappa shape index (κ3) is 52.1. The maximum Gasteiger partial charge on any atom is 0.220 e. The monoisotopic (exact) mass is 902 g/mol. The van der Waals surface area contributed by atoms with E-state index in [4.69, 9.17) is 0 Å². The van der Waals surface area contributed by atoms with Gasteiger partial charge in [0.2, 0.25) is 5.91 Å². The van der Waals surface area contributed by atoms with Gasteiger partial charge in [-0.1, -0.05) is 315 Å². The van der Waals surface area contributed by atoms with Crippen LogP contribution in [0.3, 0.4) is 0 Å². The average Bonchev–Trinajstić information content (AvgIpc) is 3.30. The molecule has 0 bridgehead atoms. The molecule has 0 aromatic rings. The lowest BCUT2D eigenvalue weighted by atomic mass is 10.0. The summed E-state index contributed by atoms with van der Waals surface area (Å²) in [6, 6.07) is -0.535. The van der Waals surface area contributed by atoms with E-state index in [-0.39, 0.29) is 12.5 Å². The maximum absolute atomic E-state index is 12.5. The standard InChI is InChI=1S/C60H119NO3/c1-3-5-7-9-11-13-15-17-19-21-23-25-27-29-30-31-32-34-36-38-40-42-44-46-48-50-52-54-56-60(64)61-58(57-62)59(63)55-53-51-49-47-45-43-41-39-37-35-33-28-26-24-22-20-18-16-14-12-10-8-6-4-2/h29-30,58-59,62-63H,3-28,31-57H2,1-2H3,(H,61,64)/b30-29-. The molecule has 0 aliphatic rings. The Labute approximate surface area is 403 Å². The Bertz CT molecular complexity index is 890. The zero-order valence-electron chi connectivity index (χ0n) is 44.1. The molecule has 0 aliphatic heterocycles. The van der Waals surface area contributed by atoms with Crippen LogP contribution in [0.5, 0.6) is 0 Å². The summed E-state index contributed by atoms with van der Waals surface area (Å²) in [4.78, 5) is 12.5. The quantitative estimate of drug-likeness (QED) is 0.0421. The Morgan fingerprint density at radius 1 is 0.359 bits per heavy atom. The number of aliphatic hydroxyl groups is 2. The highest BCUT2D eigenvalue weighted by molar-refractivity contribution is 5.76. The molecule has 4 heteroatoms. The van der Waals surface area contributed by atoms with Crippen LogP contribution in [0, 0.1) is 0 Å². The van der Waals surface area contributed by atoms with Crippen molar-refractivity contribution in [3.63, 3.8) is 0 Å². The summed E-state index contributed by atoms with van der Waals surface area (Å²) < 4.78 is 0. The summed E-state index contributed by atoms with van der Waals surface area (Å²) in [5, 5.41) is 23.4. The van der Waals surface area contributed by atoms with E-state index >= 15 is 0 Å². The number of unbranched alkanes of at least 4 members (excludes halogenated alkanes) is 47. The summed E-state index contributed by atoms with van der Waals surface area (Å²) in [7, 11) is 0. The lowest BCUT2D eigenvalue weighted by Crippen LogP contribution is -2.45. The van der Waals surface area contributed by atoms with Crippen LogP contribution >= 0.6 is 0 Å². The van der Waals surface area contributed by atoms with Gasteiger partial charge in [0.1, 0.15) is 0 Å². The highest BCUT2D eigenvalue weighted by Gasteiger charge is 2.20. The molecule has 0 spiro atoms.